The first-order valence-electron chi connectivity index (χ1n) is 14.1. The zero-order valence-electron chi connectivity index (χ0n) is 24.9. The molecule has 0 saturated heterocycles. The van der Waals surface area contributed by atoms with Gasteiger partial charge in [0.05, 0.1) is 17.7 Å². The van der Waals surface area contributed by atoms with Crippen LogP contribution in [0.15, 0.2) is 71.6 Å². The van der Waals surface area contributed by atoms with Gasteiger partial charge in [-0.1, -0.05) is 73.8 Å². The van der Waals surface area contributed by atoms with Crippen LogP contribution < -0.4 is 14.4 Å². The van der Waals surface area contributed by atoms with Crippen LogP contribution in [-0.2, 0) is 26.2 Å². The first-order chi connectivity index (χ1) is 20.0. The number of carbonyl (C=O) groups excluding carboxylic acids is 2. The molecule has 2 amide bonds. The fraction of sp³-hybridized carbons (Fsp3) is 0.375. The number of benzene rings is 3. The van der Waals surface area contributed by atoms with Crippen LogP contribution in [-0.4, -0.2) is 51.4 Å². The second-order valence-corrected chi connectivity index (χ2v) is 12.5. The summed E-state index contributed by atoms with van der Waals surface area (Å²) in [5.74, 6) is -0.551. The number of hydrogen-bond donors (Lipinski definition) is 1. The van der Waals surface area contributed by atoms with Crippen molar-refractivity contribution in [3.8, 4) is 5.75 Å². The predicted octanol–water partition coefficient (Wildman–Crippen LogP) is 5.88. The molecule has 8 nitrogen and oxygen atoms in total. The van der Waals surface area contributed by atoms with Gasteiger partial charge in [-0.05, 0) is 68.1 Å². The first kappa shape index (κ1) is 32.9. The molecule has 3 aromatic carbocycles. The van der Waals surface area contributed by atoms with E-state index in [0.717, 1.165) is 28.3 Å². The highest BCUT2D eigenvalue weighted by Gasteiger charge is 2.35. The summed E-state index contributed by atoms with van der Waals surface area (Å²) in [5.41, 5.74) is 2.56. The average molecular weight is 614 g/mol. The molecule has 0 aliphatic carbocycles. The minimum atomic E-state index is -4.22. The molecule has 1 atom stereocenters. The number of unbranched alkanes of at least 4 members (excludes halogenated alkanes) is 1. The monoisotopic (exact) mass is 613 g/mol. The number of sulfonamides is 1. The van der Waals surface area contributed by atoms with Crippen molar-refractivity contribution in [3.63, 3.8) is 0 Å². The Hall–Kier alpha value is -3.56. The predicted molar refractivity (Wildman–Crippen MR) is 167 cm³/mol. The molecule has 0 aromatic heterocycles. The van der Waals surface area contributed by atoms with E-state index in [-0.39, 0.29) is 23.0 Å². The standard InChI is InChI=1S/C32H40ClN3O5S/c1-6-8-19-34-32(38)28(7-2)35(21-25-11-9-10-12-27(25)33)31(37)22-36(29-20-24(4)15-18-30(29)41-5)42(39,40)26-16-13-23(3)14-17-26/h9-18,20,28H,6-8,19,21-22H2,1-5H3,(H,34,38). The van der Waals surface area contributed by atoms with Crippen LogP contribution in [0.4, 0.5) is 5.69 Å². The van der Waals surface area contributed by atoms with Gasteiger partial charge in [-0.3, -0.25) is 13.9 Å². The number of carbonyl (C=O) groups is 2. The second-order valence-electron chi connectivity index (χ2n) is 10.2. The molecular weight excluding hydrogens is 574 g/mol. The van der Waals surface area contributed by atoms with Crippen molar-refractivity contribution >= 4 is 39.1 Å². The number of amides is 2. The Labute approximate surface area is 254 Å². The number of rotatable bonds is 14. The number of hydrogen-bond acceptors (Lipinski definition) is 5. The van der Waals surface area contributed by atoms with E-state index < -0.39 is 28.5 Å². The summed E-state index contributed by atoms with van der Waals surface area (Å²) in [6.45, 7) is 7.50. The summed E-state index contributed by atoms with van der Waals surface area (Å²) >= 11 is 6.47. The fourth-order valence-electron chi connectivity index (χ4n) is 4.58. The Bertz CT molecular complexity index is 1480. The maximum atomic E-state index is 14.2. The van der Waals surface area contributed by atoms with E-state index >= 15 is 0 Å². The number of ether oxygens (including phenoxy) is 1. The lowest BCUT2D eigenvalue weighted by atomic mass is 10.1. The fourth-order valence-corrected chi connectivity index (χ4v) is 6.19. The van der Waals surface area contributed by atoms with Gasteiger partial charge < -0.3 is 15.0 Å². The second kappa shape index (κ2) is 15.1. The van der Waals surface area contributed by atoms with E-state index in [1.165, 1.54) is 24.1 Å². The van der Waals surface area contributed by atoms with Crippen LogP contribution in [0.1, 0.15) is 49.8 Å². The molecule has 0 spiro atoms. The Morgan fingerprint density at radius 3 is 2.26 bits per heavy atom. The van der Waals surface area contributed by atoms with E-state index in [1.54, 1.807) is 54.6 Å². The number of nitrogens with one attached hydrogen (secondary N) is 1. The number of methoxy groups -OCH3 is 1. The summed E-state index contributed by atoms with van der Waals surface area (Å²) in [7, 11) is -2.77. The Morgan fingerprint density at radius 1 is 0.976 bits per heavy atom. The first-order valence-corrected chi connectivity index (χ1v) is 15.9. The summed E-state index contributed by atoms with van der Waals surface area (Å²) in [4.78, 5) is 29.0. The average Bonchev–Trinajstić information content (AvgIpc) is 2.97. The van der Waals surface area contributed by atoms with Crippen LogP contribution in [0.5, 0.6) is 5.75 Å². The van der Waals surface area contributed by atoms with Crippen molar-refractivity contribution in [2.24, 2.45) is 0 Å². The summed E-state index contributed by atoms with van der Waals surface area (Å²) < 4.78 is 34.9. The molecule has 0 fully saturated rings. The molecule has 3 aromatic rings. The van der Waals surface area contributed by atoms with Crippen LogP contribution >= 0.6 is 11.6 Å². The molecule has 0 bridgehead atoms. The van der Waals surface area contributed by atoms with E-state index in [4.69, 9.17) is 16.3 Å². The molecule has 42 heavy (non-hydrogen) atoms. The van der Waals surface area contributed by atoms with Crippen molar-refractivity contribution in [1.82, 2.24) is 10.2 Å². The van der Waals surface area contributed by atoms with E-state index in [2.05, 4.69) is 5.32 Å². The van der Waals surface area contributed by atoms with E-state index in [9.17, 15) is 18.0 Å². The van der Waals surface area contributed by atoms with Gasteiger partial charge in [-0.25, -0.2) is 8.42 Å². The van der Waals surface area contributed by atoms with Gasteiger partial charge in [0, 0.05) is 18.1 Å². The number of anilines is 1. The highest BCUT2D eigenvalue weighted by Crippen LogP contribution is 2.34. The quantitative estimate of drug-likeness (QED) is 0.229. The Kier molecular flexibility index (Phi) is 11.8. The third-order valence-electron chi connectivity index (χ3n) is 7.00. The topological polar surface area (TPSA) is 96.0 Å². The van der Waals surface area contributed by atoms with Gasteiger partial charge in [0.1, 0.15) is 18.3 Å². The summed E-state index contributed by atoms with van der Waals surface area (Å²) in [5, 5.41) is 3.37. The van der Waals surface area contributed by atoms with Crippen molar-refractivity contribution < 1.29 is 22.7 Å². The Balaban J connectivity index is 2.11. The van der Waals surface area contributed by atoms with Gasteiger partial charge in [0.15, 0.2) is 0 Å². The molecule has 10 heteroatoms. The highest BCUT2D eigenvalue weighted by molar-refractivity contribution is 7.92. The van der Waals surface area contributed by atoms with Gasteiger partial charge in [0.2, 0.25) is 11.8 Å². The van der Waals surface area contributed by atoms with Gasteiger partial charge >= 0.3 is 0 Å². The zero-order chi connectivity index (χ0) is 30.9. The molecule has 1 unspecified atom stereocenters. The lowest BCUT2D eigenvalue weighted by Crippen LogP contribution is -2.52. The van der Waals surface area contributed by atoms with Crippen LogP contribution in [0.25, 0.3) is 0 Å². The molecular formula is C32H40ClN3O5S. The minimum Gasteiger partial charge on any atom is -0.495 e. The van der Waals surface area contributed by atoms with Crippen LogP contribution in [0.3, 0.4) is 0 Å². The van der Waals surface area contributed by atoms with Crippen molar-refractivity contribution in [1.29, 1.82) is 0 Å². The van der Waals surface area contributed by atoms with Gasteiger partial charge in [-0.15, -0.1) is 0 Å². The molecule has 0 heterocycles. The molecule has 226 valence electrons. The smallest absolute Gasteiger partial charge is 0.264 e. The third kappa shape index (κ3) is 8.04. The number of nitrogens with zero attached hydrogens (tertiary/aromatic N) is 2. The number of aryl methyl sites for hydroxylation is 2. The van der Waals surface area contributed by atoms with Crippen molar-refractivity contribution in [3.05, 3.63) is 88.4 Å². The maximum absolute atomic E-state index is 14.2. The SMILES string of the molecule is CCCCNC(=O)C(CC)N(Cc1ccccc1Cl)C(=O)CN(c1cc(C)ccc1OC)S(=O)(=O)c1ccc(C)cc1. The van der Waals surface area contributed by atoms with E-state index in [1.807, 2.05) is 27.7 Å². The molecule has 0 aliphatic rings. The van der Waals surface area contributed by atoms with Gasteiger partial charge in [-0.2, -0.15) is 0 Å². The van der Waals surface area contributed by atoms with Crippen LogP contribution in [0, 0.1) is 13.8 Å². The minimum absolute atomic E-state index is 0.0293. The summed E-state index contributed by atoms with van der Waals surface area (Å²) in [6, 6.07) is 17.8. The largest absolute Gasteiger partial charge is 0.495 e. The molecule has 3 rings (SSSR count). The Morgan fingerprint density at radius 2 is 1.64 bits per heavy atom. The zero-order valence-corrected chi connectivity index (χ0v) is 26.5. The highest BCUT2D eigenvalue weighted by atomic mass is 35.5. The molecule has 0 aliphatic heterocycles. The maximum Gasteiger partial charge on any atom is 0.264 e. The lowest BCUT2D eigenvalue weighted by Gasteiger charge is -2.33. The molecule has 0 radical (unpaired) electrons. The third-order valence-corrected chi connectivity index (χ3v) is 9.15. The van der Waals surface area contributed by atoms with E-state index in [0.29, 0.717) is 29.3 Å². The van der Waals surface area contributed by atoms with Crippen molar-refractivity contribution in [2.75, 3.05) is 24.5 Å². The molecule has 1 N–H and O–H groups in total. The number of halogens is 1. The normalized spacial score (nSPS) is 12.0. The van der Waals surface area contributed by atoms with Crippen LogP contribution in [0.2, 0.25) is 5.02 Å². The lowest BCUT2D eigenvalue weighted by molar-refractivity contribution is -0.140. The molecule has 0 saturated carbocycles. The summed E-state index contributed by atoms with van der Waals surface area (Å²) in [6.07, 6.45) is 2.03. The van der Waals surface area contributed by atoms with Crippen molar-refractivity contribution in [2.45, 2.75) is 64.4 Å². The van der Waals surface area contributed by atoms with Gasteiger partial charge in [0.25, 0.3) is 10.0 Å².